The van der Waals surface area contributed by atoms with E-state index in [1.165, 1.54) is 0 Å². The molecule has 0 bridgehead atoms. The summed E-state index contributed by atoms with van der Waals surface area (Å²) in [5.41, 5.74) is 1.95. The Kier molecular flexibility index (Phi) is 4.18. The van der Waals surface area contributed by atoms with Crippen LogP contribution in [0.4, 0.5) is 0 Å². The molecule has 19 heavy (non-hydrogen) atoms. The summed E-state index contributed by atoms with van der Waals surface area (Å²) in [6, 6.07) is 14.2. The zero-order valence-corrected chi connectivity index (χ0v) is 12.3. The topological polar surface area (TPSA) is 35.5 Å². The minimum absolute atomic E-state index is 0.408. The second-order valence-electron chi connectivity index (χ2n) is 4.20. The Morgan fingerprint density at radius 2 is 1.68 bits per heavy atom. The van der Waals surface area contributed by atoms with Crippen LogP contribution in [0.25, 0.3) is 0 Å². The van der Waals surface area contributed by atoms with Crippen molar-refractivity contribution in [2.45, 2.75) is 13.8 Å². The predicted octanol–water partition coefficient (Wildman–Crippen LogP) is 5.11. The van der Waals surface area contributed by atoms with Gasteiger partial charge in [0, 0.05) is 11.2 Å². The molecule has 0 aliphatic heterocycles. The molecular formula is C14H14ClO3P. The lowest BCUT2D eigenvalue weighted by Gasteiger charge is -2.15. The van der Waals surface area contributed by atoms with Gasteiger partial charge in [0.25, 0.3) is 0 Å². The van der Waals surface area contributed by atoms with E-state index in [4.69, 9.17) is 20.3 Å². The summed E-state index contributed by atoms with van der Waals surface area (Å²) in [5.74, 6) is 0.866. The van der Waals surface area contributed by atoms with Crippen LogP contribution in [0.1, 0.15) is 11.1 Å². The third-order valence-electron chi connectivity index (χ3n) is 2.50. The lowest BCUT2D eigenvalue weighted by Crippen LogP contribution is -1.96. The zero-order valence-electron chi connectivity index (χ0n) is 10.7. The van der Waals surface area contributed by atoms with E-state index in [0.29, 0.717) is 11.5 Å². The van der Waals surface area contributed by atoms with Crippen molar-refractivity contribution in [1.29, 1.82) is 0 Å². The van der Waals surface area contributed by atoms with Gasteiger partial charge in [-0.1, -0.05) is 35.9 Å². The van der Waals surface area contributed by atoms with Crippen LogP contribution in [0.3, 0.4) is 0 Å². The van der Waals surface area contributed by atoms with Gasteiger partial charge in [0.15, 0.2) is 0 Å². The Morgan fingerprint density at radius 3 is 2.32 bits per heavy atom. The van der Waals surface area contributed by atoms with Gasteiger partial charge in [0.05, 0.1) is 0 Å². The third-order valence-corrected chi connectivity index (χ3v) is 3.75. The van der Waals surface area contributed by atoms with Crippen molar-refractivity contribution in [3.63, 3.8) is 0 Å². The van der Waals surface area contributed by atoms with Crippen LogP contribution in [0.2, 0.25) is 0 Å². The van der Waals surface area contributed by atoms with Gasteiger partial charge < -0.3 is 9.05 Å². The van der Waals surface area contributed by atoms with E-state index >= 15 is 0 Å². The molecule has 0 amide bonds. The van der Waals surface area contributed by atoms with Gasteiger partial charge >= 0.3 is 6.95 Å². The van der Waals surface area contributed by atoms with Crippen molar-refractivity contribution in [1.82, 2.24) is 0 Å². The number of rotatable bonds is 4. The molecule has 0 aromatic heterocycles. The summed E-state index contributed by atoms with van der Waals surface area (Å²) < 4.78 is 22.6. The monoisotopic (exact) mass is 296 g/mol. The fourth-order valence-electron chi connectivity index (χ4n) is 1.65. The van der Waals surface area contributed by atoms with E-state index in [0.717, 1.165) is 11.1 Å². The molecule has 0 radical (unpaired) electrons. The van der Waals surface area contributed by atoms with E-state index in [9.17, 15) is 4.57 Å². The first-order valence-electron chi connectivity index (χ1n) is 5.77. The Bertz CT molecular complexity index is 613. The van der Waals surface area contributed by atoms with E-state index in [-0.39, 0.29) is 0 Å². The Balaban J connectivity index is 2.15. The molecule has 0 heterocycles. The maximum Gasteiger partial charge on any atom is 0.530 e. The van der Waals surface area contributed by atoms with E-state index in [1.807, 2.05) is 32.0 Å². The summed E-state index contributed by atoms with van der Waals surface area (Å²) >= 11 is 5.83. The van der Waals surface area contributed by atoms with Crippen LogP contribution in [-0.4, -0.2) is 0 Å². The van der Waals surface area contributed by atoms with Gasteiger partial charge in [0.2, 0.25) is 0 Å². The van der Waals surface area contributed by atoms with Crippen LogP contribution < -0.4 is 9.05 Å². The Labute approximate surface area is 117 Å². The third kappa shape index (κ3) is 4.02. The van der Waals surface area contributed by atoms with Gasteiger partial charge in [-0.05, 0) is 37.6 Å². The number of benzene rings is 2. The molecular weight excluding hydrogens is 283 g/mol. The molecule has 0 aliphatic carbocycles. The standard InChI is InChI=1S/C14H14ClO3P/c1-11-8-9-14(12(2)10-11)18-19(15,16)17-13-6-4-3-5-7-13/h3-10H,1-2H3. The highest BCUT2D eigenvalue weighted by molar-refractivity contribution is 7.82. The molecule has 5 heteroatoms. The SMILES string of the molecule is Cc1ccc(OP(=O)(Cl)Oc2ccccc2)c(C)c1. The number of halogens is 1. The Morgan fingerprint density at radius 1 is 1.00 bits per heavy atom. The van der Waals surface area contributed by atoms with Crippen molar-refractivity contribution < 1.29 is 13.6 Å². The first-order chi connectivity index (χ1) is 8.96. The number of para-hydroxylation sites is 1. The van der Waals surface area contributed by atoms with Gasteiger partial charge in [0.1, 0.15) is 11.5 Å². The van der Waals surface area contributed by atoms with Crippen LogP contribution in [-0.2, 0) is 4.57 Å². The van der Waals surface area contributed by atoms with Gasteiger partial charge in [-0.15, -0.1) is 0 Å². The van der Waals surface area contributed by atoms with Crippen molar-refractivity contribution in [2.75, 3.05) is 0 Å². The normalized spacial score (nSPS) is 13.6. The first kappa shape index (κ1) is 14.0. The molecule has 0 spiro atoms. The molecule has 0 saturated heterocycles. The van der Waals surface area contributed by atoms with E-state index in [1.54, 1.807) is 30.3 Å². The maximum atomic E-state index is 12.1. The highest BCUT2D eigenvalue weighted by Crippen LogP contribution is 2.53. The van der Waals surface area contributed by atoms with Crippen molar-refractivity contribution in [3.8, 4) is 11.5 Å². The largest absolute Gasteiger partial charge is 0.530 e. The summed E-state index contributed by atoms with van der Waals surface area (Å²) in [6.07, 6.45) is 0. The highest BCUT2D eigenvalue weighted by atomic mass is 35.7. The van der Waals surface area contributed by atoms with Gasteiger partial charge in [-0.2, -0.15) is 0 Å². The number of hydrogen-bond acceptors (Lipinski definition) is 3. The van der Waals surface area contributed by atoms with Gasteiger partial charge in [-0.25, -0.2) is 4.57 Å². The molecule has 0 N–H and O–H groups in total. The molecule has 0 saturated carbocycles. The molecule has 3 nitrogen and oxygen atoms in total. The average molecular weight is 297 g/mol. The summed E-state index contributed by atoms with van der Waals surface area (Å²) in [6.45, 7) is 0.126. The quantitative estimate of drug-likeness (QED) is 0.736. The number of hydrogen-bond donors (Lipinski definition) is 0. The van der Waals surface area contributed by atoms with Crippen LogP contribution in [0, 0.1) is 13.8 Å². The average Bonchev–Trinajstić information content (AvgIpc) is 2.33. The first-order valence-corrected chi connectivity index (χ1v) is 8.22. The molecule has 1 unspecified atom stereocenters. The van der Waals surface area contributed by atoms with Gasteiger partial charge in [-0.3, -0.25) is 0 Å². The summed E-state index contributed by atoms with van der Waals surface area (Å²) in [5, 5.41) is 0. The second-order valence-corrected chi connectivity index (χ2v) is 6.66. The number of aryl methyl sites for hydroxylation is 2. The van der Waals surface area contributed by atoms with E-state index in [2.05, 4.69) is 0 Å². The molecule has 100 valence electrons. The van der Waals surface area contributed by atoms with Crippen molar-refractivity contribution in [2.24, 2.45) is 0 Å². The lowest BCUT2D eigenvalue weighted by atomic mass is 10.1. The van der Waals surface area contributed by atoms with Crippen molar-refractivity contribution >= 4 is 18.2 Å². The maximum absolute atomic E-state index is 12.1. The summed E-state index contributed by atoms with van der Waals surface area (Å²) in [7, 11) is 0. The minimum Gasteiger partial charge on any atom is -0.405 e. The molecule has 1 atom stereocenters. The fourth-order valence-corrected chi connectivity index (χ4v) is 2.96. The smallest absolute Gasteiger partial charge is 0.405 e. The zero-order chi connectivity index (χ0) is 13.9. The van der Waals surface area contributed by atoms with Crippen LogP contribution >= 0.6 is 18.2 Å². The fraction of sp³-hybridized carbons (Fsp3) is 0.143. The molecule has 2 aromatic carbocycles. The molecule has 2 rings (SSSR count). The lowest BCUT2D eigenvalue weighted by molar-refractivity contribution is 0.405. The molecule has 2 aromatic rings. The van der Waals surface area contributed by atoms with Crippen LogP contribution in [0.15, 0.2) is 48.5 Å². The molecule has 0 fully saturated rings. The van der Waals surface area contributed by atoms with Crippen LogP contribution in [0.5, 0.6) is 11.5 Å². The minimum atomic E-state index is -3.71. The van der Waals surface area contributed by atoms with Crippen molar-refractivity contribution in [3.05, 3.63) is 59.7 Å². The highest BCUT2D eigenvalue weighted by Gasteiger charge is 2.25. The Hall–Kier alpha value is -1.44. The van der Waals surface area contributed by atoms with E-state index < -0.39 is 6.95 Å². The predicted molar refractivity (Wildman–Crippen MR) is 77.1 cm³/mol. The summed E-state index contributed by atoms with van der Waals surface area (Å²) in [4.78, 5) is 0. The molecule has 0 aliphatic rings. The second kappa shape index (κ2) is 5.68.